The lowest BCUT2D eigenvalue weighted by Crippen LogP contribution is -2.42. The van der Waals surface area contributed by atoms with Gasteiger partial charge in [0.2, 0.25) is 0 Å². The summed E-state index contributed by atoms with van der Waals surface area (Å²) >= 11 is 0. The van der Waals surface area contributed by atoms with Gasteiger partial charge >= 0.3 is 0 Å². The fourth-order valence-electron chi connectivity index (χ4n) is 5.61. The molecule has 32 heavy (non-hydrogen) atoms. The number of halogens is 1. The highest BCUT2D eigenvalue weighted by Gasteiger charge is 2.44. The van der Waals surface area contributed by atoms with Gasteiger partial charge in [-0.05, 0) is 98.5 Å². The minimum Gasteiger partial charge on any atom is -0.488 e. The van der Waals surface area contributed by atoms with Gasteiger partial charge in [-0.1, -0.05) is 12.1 Å². The zero-order valence-electron chi connectivity index (χ0n) is 18.3. The minimum atomic E-state index is -0.583. The van der Waals surface area contributed by atoms with Gasteiger partial charge in [-0.3, -0.25) is 4.79 Å². The second kappa shape index (κ2) is 9.20. The molecule has 1 saturated carbocycles. The Kier molecular flexibility index (Phi) is 6.15. The number of nitrogens with one attached hydrogen (secondary N) is 1. The van der Waals surface area contributed by atoms with E-state index in [1.807, 2.05) is 17.0 Å². The maximum Gasteiger partial charge on any atom is 0.253 e. The number of ether oxygens (including phenoxy) is 1. The normalized spacial score (nSPS) is 28.4. The molecule has 0 spiro atoms. The van der Waals surface area contributed by atoms with Crippen LogP contribution in [0.3, 0.4) is 0 Å². The van der Waals surface area contributed by atoms with Crippen LogP contribution >= 0.6 is 0 Å². The van der Waals surface area contributed by atoms with Crippen LogP contribution in [0.25, 0.3) is 0 Å². The number of hydrogen-bond acceptors (Lipinski definition) is 4. The summed E-state index contributed by atoms with van der Waals surface area (Å²) in [5.41, 5.74) is 2.06. The number of amides is 1. The van der Waals surface area contributed by atoms with Gasteiger partial charge in [0.25, 0.3) is 5.91 Å². The van der Waals surface area contributed by atoms with E-state index >= 15 is 0 Å². The summed E-state index contributed by atoms with van der Waals surface area (Å²) < 4.78 is 19.1. The molecule has 5 rings (SSSR count). The number of nitrogens with zero attached hydrogens (tertiary/aromatic N) is 1. The molecule has 0 bridgehead atoms. The van der Waals surface area contributed by atoms with Crippen molar-refractivity contribution >= 4 is 5.91 Å². The van der Waals surface area contributed by atoms with Crippen LogP contribution in [0.5, 0.6) is 5.75 Å². The van der Waals surface area contributed by atoms with E-state index in [0.29, 0.717) is 43.5 Å². The van der Waals surface area contributed by atoms with Gasteiger partial charge in [0.1, 0.15) is 17.7 Å². The van der Waals surface area contributed by atoms with Gasteiger partial charge < -0.3 is 20.1 Å². The van der Waals surface area contributed by atoms with Crippen LogP contribution in [0.1, 0.15) is 47.5 Å². The van der Waals surface area contributed by atoms with Crippen LogP contribution in [-0.2, 0) is 0 Å². The fraction of sp³-hybridized carbons (Fsp3) is 0.500. The molecule has 2 N–H and O–H groups in total. The van der Waals surface area contributed by atoms with Crippen molar-refractivity contribution in [1.29, 1.82) is 0 Å². The molecule has 0 aromatic heterocycles. The maximum absolute atomic E-state index is 13.2. The molecule has 2 aromatic rings. The third-order valence-electron chi connectivity index (χ3n) is 7.44. The van der Waals surface area contributed by atoms with Crippen molar-refractivity contribution in [2.24, 2.45) is 11.8 Å². The van der Waals surface area contributed by atoms with Crippen molar-refractivity contribution < 1.29 is 19.0 Å². The SMILES string of the molecule is O=C(c1ccc(C2CCNCC2)cc1)N1C[C@H]2C[C@@H](Oc3ccc(F)cc3)[C@H](O)C[C@H]2C1. The zero-order valence-corrected chi connectivity index (χ0v) is 18.3. The predicted octanol–water partition coefficient (Wildman–Crippen LogP) is 3.58. The van der Waals surface area contributed by atoms with E-state index in [1.54, 1.807) is 12.1 Å². The van der Waals surface area contributed by atoms with Gasteiger partial charge in [-0.2, -0.15) is 0 Å². The predicted molar refractivity (Wildman–Crippen MR) is 120 cm³/mol. The van der Waals surface area contributed by atoms with Crippen LogP contribution in [0, 0.1) is 17.7 Å². The first-order valence-corrected chi connectivity index (χ1v) is 11.8. The number of piperidine rings is 1. The van der Waals surface area contributed by atoms with E-state index in [-0.39, 0.29) is 23.7 Å². The lowest BCUT2D eigenvalue weighted by molar-refractivity contribution is -0.0231. The summed E-state index contributed by atoms with van der Waals surface area (Å²) in [6.45, 7) is 3.48. The molecule has 3 fully saturated rings. The summed E-state index contributed by atoms with van der Waals surface area (Å²) in [5.74, 6) is 1.50. The molecule has 6 heteroatoms. The van der Waals surface area contributed by atoms with E-state index in [9.17, 15) is 14.3 Å². The van der Waals surface area contributed by atoms with Crippen LogP contribution in [0.2, 0.25) is 0 Å². The van der Waals surface area contributed by atoms with E-state index in [2.05, 4.69) is 17.4 Å². The third-order valence-corrected chi connectivity index (χ3v) is 7.44. The van der Waals surface area contributed by atoms with E-state index in [4.69, 9.17) is 4.74 Å². The Labute approximate surface area is 188 Å². The van der Waals surface area contributed by atoms with Gasteiger partial charge in [-0.15, -0.1) is 0 Å². The summed E-state index contributed by atoms with van der Waals surface area (Å²) in [6.07, 6.45) is 2.69. The van der Waals surface area contributed by atoms with Gasteiger partial charge in [-0.25, -0.2) is 4.39 Å². The molecule has 2 saturated heterocycles. The molecule has 2 aliphatic heterocycles. The fourth-order valence-corrected chi connectivity index (χ4v) is 5.61. The minimum absolute atomic E-state index is 0.0711. The summed E-state index contributed by atoms with van der Waals surface area (Å²) in [7, 11) is 0. The van der Waals surface area contributed by atoms with Crippen LogP contribution in [-0.4, -0.2) is 54.3 Å². The van der Waals surface area contributed by atoms with E-state index < -0.39 is 6.10 Å². The Morgan fingerprint density at radius 1 is 0.969 bits per heavy atom. The molecule has 2 heterocycles. The Morgan fingerprint density at radius 3 is 2.31 bits per heavy atom. The van der Waals surface area contributed by atoms with Crippen LogP contribution in [0.4, 0.5) is 4.39 Å². The van der Waals surface area contributed by atoms with Crippen molar-refractivity contribution in [3.05, 3.63) is 65.5 Å². The Morgan fingerprint density at radius 2 is 1.62 bits per heavy atom. The highest BCUT2D eigenvalue weighted by atomic mass is 19.1. The molecule has 1 amide bonds. The first-order valence-electron chi connectivity index (χ1n) is 11.8. The number of likely N-dealkylation sites (tertiary alicyclic amines) is 1. The number of hydrogen-bond donors (Lipinski definition) is 2. The van der Waals surface area contributed by atoms with E-state index in [1.165, 1.54) is 17.7 Å². The van der Waals surface area contributed by atoms with Crippen molar-refractivity contribution in [2.75, 3.05) is 26.2 Å². The molecule has 3 aliphatic rings. The summed E-state index contributed by atoms with van der Waals surface area (Å²) in [4.78, 5) is 15.1. The maximum atomic E-state index is 13.2. The van der Waals surface area contributed by atoms with Gasteiger partial charge in [0.15, 0.2) is 0 Å². The second-order valence-electron chi connectivity index (χ2n) is 9.53. The molecular weight excluding hydrogens is 407 g/mol. The second-order valence-corrected chi connectivity index (χ2v) is 9.53. The summed E-state index contributed by atoms with van der Waals surface area (Å²) in [5, 5.41) is 14.0. The highest BCUT2D eigenvalue weighted by Crippen LogP contribution is 2.38. The zero-order chi connectivity index (χ0) is 22.1. The number of rotatable bonds is 4. The number of fused-ring (bicyclic) bond motifs is 1. The third kappa shape index (κ3) is 4.52. The number of benzene rings is 2. The lowest BCUT2D eigenvalue weighted by atomic mass is 9.78. The average molecular weight is 439 g/mol. The van der Waals surface area contributed by atoms with Crippen molar-refractivity contribution in [2.45, 2.75) is 43.8 Å². The van der Waals surface area contributed by atoms with Crippen molar-refractivity contribution in [3.8, 4) is 5.75 Å². The standard InChI is InChI=1S/C26H31FN2O3/c27-22-5-7-23(8-6-22)32-25-14-21-16-29(15-20(21)13-24(25)30)26(31)19-3-1-17(2-4-19)18-9-11-28-12-10-18/h1-8,18,20-21,24-25,28,30H,9-16H2/t20-,21+,24+,25+/m0/s1. The molecule has 170 valence electrons. The van der Waals surface area contributed by atoms with Crippen LogP contribution in [0.15, 0.2) is 48.5 Å². The molecular formula is C26H31FN2O3. The van der Waals surface area contributed by atoms with Crippen molar-refractivity contribution in [1.82, 2.24) is 10.2 Å². The largest absolute Gasteiger partial charge is 0.488 e. The topological polar surface area (TPSA) is 61.8 Å². The molecule has 2 aromatic carbocycles. The summed E-state index contributed by atoms with van der Waals surface area (Å²) in [6, 6.07) is 14.1. The van der Waals surface area contributed by atoms with Crippen LogP contribution < -0.4 is 10.1 Å². The highest BCUT2D eigenvalue weighted by molar-refractivity contribution is 5.94. The number of carbonyl (C=O) groups excluding carboxylic acids is 1. The molecule has 1 aliphatic carbocycles. The molecule has 4 atom stereocenters. The van der Waals surface area contributed by atoms with Gasteiger partial charge in [0, 0.05) is 18.7 Å². The molecule has 0 radical (unpaired) electrons. The van der Waals surface area contributed by atoms with Crippen molar-refractivity contribution in [3.63, 3.8) is 0 Å². The monoisotopic (exact) mass is 438 g/mol. The smallest absolute Gasteiger partial charge is 0.253 e. The van der Waals surface area contributed by atoms with E-state index in [0.717, 1.165) is 31.5 Å². The average Bonchev–Trinajstić information content (AvgIpc) is 3.23. The quantitative estimate of drug-likeness (QED) is 0.766. The first kappa shape index (κ1) is 21.4. The number of aliphatic hydroxyl groups excluding tert-OH is 1. The number of carbonyl (C=O) groups is 1. The molecule has 0 unspecified atom stereocenters. The molecule has 5 nitrogen and oxygen atoms in total. The number of aliphatic hydroxyl groups is 1. The Balaban J connectivity index is 1.20. The van der Waals surface area contributed by atoms with Gasteiger partial charge in [0.05, 0.1) is 6.10 Å². The first-order chi connectivity index (χ1) is 15.6. The Hall–Kier alpha value is -2.44. The Bertz CT molecular complexity index is 927. The lowest BCUT2D eigenvalue weighted by Gasteiger charge is -2.35.